The summed E-state index contributed by atoms with van der Waals surface area (Å²) in [5, 5.41) is 4.46. The van der Waals surface area contributed by atoms with Crippen LogP contribution in [0.5, 0.6) is 0 Å². The smallest absolute Gasteiger partial charge is 0.0883 e. The van der Waals surface area contributed by atoms with Gasteiger partial charge in [0.2, 0.25) is 0 Å². The minimum Gasteiger partial charge on any atom is -0.380 e. The molecule has 0 bridgehead atoms. The maximum atomic E-state index is 3.19. The Morgan fingerprint density at radius 2 is 2.38 bits per heavy atom. The molecule has 1 aliphatic rings. The Morgan fingerprint density at radius 1 is 1.54 bits per heavy atom. The average molecular weight is 196 g/mol. The number of thiophene rings is 1. The van der Waals surface area contributed by atoms with Crippen LogP contribution < -0.4 is 5.32 Å². The molecule has 1 aromatic heterocycles. The third kappa shape index (κ3) is 1.71. The highest BCUT2D eigenvalue weighted by Crippen LogP contribution is 2.36. The Hall–Kier alpha value is -0.540. The second-order valence-corrected chi connectivity index (χ2v) is 4.71. The van der Waals surface area contributed by atoms with Gasteiger partial charge in [-0.25, -0.2) is 0 Å². The van der Waals surface area contributed by atoms with E-state index in [-0.39, 0.29) is 0 Å². The molecule has 1 aliphatic heterocycles. The predicted octanol–water partition coefficient (Wildman–Crippen LogP) is 2.56. The summed E-state index contributed by atoms with van der Waals surface area (Å²) in [5.41, 5.74) is 0. The molecule has 2 rings (SSSR count). The van der Waals surface area contributed by atoms with Gasteiger partial charge in [-0.2, -0.15) is 0 Å². The maximum absolute atomic E-state index is 3.19. The lowest BCUT2D eigenvalue weighted by molar-refractivity contribution is 0.321. The molecule has 0 saturated carbocycles. The van der Waals surface area contributed by atoms with E-state index in [0.29, 0.717) is 6.04 Å². The van der Waals surface area contributed by atoms with Crippen LogP contribution >= 0.6 is 11.3 Å². The molecule has 72 valence electrons. The first-order valence-corrected chi connectivity index (χ1v) is 5.60. The van der Waals surface area contributed by atoms with Crippen LogP contribution in [0.25, 0.3) is 0 Å². The molecule has 1 aromatic rings. The molecule has 1 fully saturated rings. The van der Waals surface area contributed by atoms with Crippen molar-refractivity contribution in [3.05, 3.63) is 17.0 Å². The molecule has 13 heavy (non-hydrogen) atoms. The number of nitrogens with one attached hydrogen (secondary N) is 1. The number of likely N-dealkylation sites (tertiary alicyclic amines) is 1. The first-order chi connectivity index (χ1) is 6.31. The first kappa shape index (κ1) is 9.03. The third-order valence-corrected chi connectivity index (χ3v) is 3.93. The van der Waals surface area contributed by atoms with Crippen molar-refractivity contribution in [1.29, 1.82) is 0 Å². The summed E-state index contributed by atoms with van der Waals surface area (Å²) in [6, 6.07) is 5.10. The van der Waals surface area contributed by atoms with Crippen molar-refractivity contribution in [3.8, 4) is 0 Å². The lowest BCUT2D eigenvalue weighted by atomic mass is 10.2. The molecule has 1 unspecified atom stereocenters. The summed E-state index contributed by atoms with van der Waals surface area (Å²) in [6.45, 7) is 1.25. The number of hydrogen-bond donors (Lipinski definition) is 1. The Kier molecular flexibility index (Phi) is 2.56. The third-order valence-electron chi connectivity index (χ3n) is 2.72. The van der Waals surface area contributed by atoms with Gasteiger partial charge in [0.05, 0.1) is 5.00 Å². The fraction of sp³-hybridized carbons (Fsp3) is 0.600. The summed E-state index contributed by atoms with van der Waals surface area (Å²) in [6.07, 6.45) is 2.66. The van der Waals surface area contributed by atoms with Gasteiger partial charge < -0.3 is 5.32 Å². The van der Waals surface area contributed by atoms with Crippen LogP contribution in [0.3, 0.4) is 0 Å². The van der Waals surface area contributed by atoms with Gasteiger partial charge in [0.15, 0.2) is 0 Å². The molecular weight excluding hydrogens is 180 g/mol. The van der Waals surface area contributed by atoms with E-state index >= 15 is 0 Å². The molecule has 1 atom stereocenters. The zero-order valence-electron chi connectivity index (χ0n) is 8.21. The predicted molar refractivity (Wildman–Crippen MR) is 58.5 cm³/mol. The monoisotopic (exact) mass is 196 g/mol. The van der Waals surface area contributed by atoms with Crippen LogP contribution in [0.1, 0.15) is 23.8 Å². The molecule has 0 aromatic carbocycles. The molecule has 0 radical (unpaired) electrons. The van der Waals surface area contributed by atoms with E-state index in [4.69, 9.17) is 0 Å². The lowest BCUT2D eigenvalue weighted by Gasteiger charge is -2.17. The standard InChI is InChI=1S/C10H16N2S/c1-11-10-6-5-9(13-10)8-4-3-7-12(8)2/h5-6,8,11H,3-4,7H2,1-2H3. The largest absolute Gasteiger partial charge is 0.380 e. The van der Waals surface area contributed by atoms with Crippen molar-refractivity contribution in [1.82, 2.24) is 4.90 Å². The van der Waals surface area contributed by atoms with Crippen molar-refractivity contribution in [2.75, 3.05) is 26.0 Å². The Labute approximate surface area is 83.6 Å². The highest BCUT2D eigenvalue weighted by Gasteiger charge is 2.23. The minimum atomic E-state index is 0.673. The molecule has 3 heteroatoms. The Morgan fingerprint density at radius 3 is 2.92 bits per heavy atom. The summed E-state index contributed by atoms with van der Waals surface area (Å²) in [7, 11) is 4.20. The van der Waals surface area contributed by atoms with Crippen LogP contribution in [0, 0.1) is 0 Å². The number of hydrogen-bond acceptors (Lipinski definition) is 3. The van der Waals surface area contributed by atoms with Crippen LogP contribution in [0.2, 0.25) is 0 Å². The van der Waals surface area contributed by atoms with E-state index in [1.807, 2.05) is 18.4 Å². The fourth-order valence-electron chi connectivity index (χ4n) is 1.94. The Balaban J connectivity index is 2.15. The van der Waals surface area contributed by atoms with E-state index < -0.39 is 0 Å². The molecule has 0 spiro atoms. The van der Waals surface area contributed by atoms with Gasteiger partial charge in [0.1, 0.15) is 0 Å². The zero-order valence-corrected chi connectivity index (χ0v) is 9.03. The normalized spacial score (nSPS) is 23.7. The van der Waals surface area contributed by atoms with Gasteiger partial charge in [0.25, 0.3) is 0 Å². The molecular formula is C10H16N2S. The van der Waals surface area contributed by atoms with E-state index in [1.165, 1.54) is 29.3 Å². The van der Waals surface area contributed by atoms with E-state index in [2.05, 4.69) is 29.4 Å². The van der Waals surface area contributed by atoms with Gasteiger partial charge in [-0.05, 0) is 38.6 Å². The molecule has 0 aliphatic carbocycles. The second-order valence-electron chi connectivity index (χ2n) is 3.59. The lowest BCUT2D eigenvalue weighted by Crippen LogP contribution is -2.16. The van der Waals surface area contributed by atoms with Crippen molar-refractivity contribution < 1.29 is 0 Å². The summed E-state index contributed by atoms with van der Waals surface area (Å²) in [4.78, 5) is 3.95. The van der Waals surface area contributed by atoms with Crippen molar-refractivity contribution >= 4 is 16.3 Å². The highest BCUT2D eigenvalue weighted by atomic mass is 32.1. The minimum absolute atomic E-state index is 0.673. The van der Waals surface area contributed by atoms with Gasteiger partial charge in [-0.15, -0.1) is 11.3 Å². The summed E-state index contributed by atoms with van der Waals surface area (Å²) < 4.78 is 0. The van der Waals surface area contributed by atoms with E-state index in [0.717, 1.165) is 0 Å². The van der Waals surface area contributed by atoms with Gasteiger partial charge in [-0.1, -0.05) is 0 Å². The van der Waals surface area contributed by atoms with Crippen molar-refractivity contribution in [2.45, 2.75) is 18.9 Å². The van der Waals surface area contributed by atoms with Crippen LogP contribution in [0.4, 0.5) is 5.00 Å². The average Bonchev–Trinajstić information content (AvgIpc) is 2.71. The van der Waals surface area contributed by atoms with Crippen molar-refractivity contribution in [2.24, 2.45) is 0 Å². The Bertz CT molecular complexity index is 282. The molecule has 2 heterocycles. The molecule has 1 N–H and O–H groups in total. The maximum Gasteiger partial charge on any atom is 0.0883 e. The van der Waals surface area contributed by atoms with E-state index in [9.17, 15) is 0 Å². The molecule has 0 amide bonds. The number of nitrogens with zero attached hydrogens (tertiary/aromatic N) is 1. The quantitative estimate of drug-likeness (QED) is 0.782. The van der Waals surface area contributed by atoms with E-state index in [1.54, 1.807) is 0 Å². The van der Waals surface area contributed by atoms with Gasteiger partial charge in [-0.3, -0.25) is 4.90 Å². The van der Waals surface area contributed by atoms with Gasteiger partial charge >= 0.3 is 0 Å². The molecule has 1 saturated heterocycles. The number of anilines is 1. The van der Waals surface area contributed by atoms with Crippen molar-refractivity contribution in [3.63, 3.8) is 0 Å². The highest BCUT2D eigenvalue weighted by molar-refractivity contribution is 7.16. The first-order valence-electron chi connectivity index (χ1n) is 4.79. The molecule has 2 nitrogen and oxygen atoms in total. The SMILES string of the molecule is CNc1ccc(C2CCCN2C)s1. The van der Waals surface area contributed by atoms with Crippen LogP contribution in [-0.4, -0.2) is 25.5 Å². The zero-order chi connectivity index (χ0) is 9.26. The second kappa shape index (κ2) is 3.68. The topological polar surface area (TPSA) is 15.3 Å². The summed E-state index contributed by atoms with van der Waals surface area (Å²) in [5.74, 6) is 0. The van der Waals surface area contributed by atoms with Crippen LogP contribution in [-0.2, 0) is 0 Å². The summed E-state index contributed by atoms with van der Waals surface area (Å²) >= 11 is 1.88. The fourth-order valence-corrected chi connectivity index (χ4v) is 3.00. The number of rotatable bonds is 2. The van der Waals surface area contributed by atoms with Gasteiger partial charge in [0, 0.05) is 18.0 Å². The van der Waals surface area contributed by atoms with Crippen LogP contribution in [0.15, 0.2) is 12.1 Å².